The molecule has 0 fully saturated rings. The zero-order valence-electron chi connectivity index (χ0n) is 12.6. The van der Waals surface area contributed by atoms with E-state index in [0.717, 1.165) is 22.4 Å². The number of non-ortho nitro benzene ring substituents is 1. The predicted molar refractivity (Wildman–Crippen MR) is 81.7 cm³/mol. The quantitative estimate of drug-likeness (QED) is 0.627. The number of nitro groups is 1. The molecule has 0 N–H and O–H groups in total. The molecule has 5 heteroatoms. The molecule has 1 heterocycles. The Balaban J connectivity index is 2.72. The molecule has 0 atom stereocenters. The number of nitrogens with zero attached hydrogens (tertiary/aromatic N) is 2. The van der Waals surface area contributed by atoms with E-state index in [4.69, 9.17) is 4.74 Å². The lowest BCUT2D eigenvalue weighted by Crippen LogP contribution is -1.98. The maximum atomic E-state index is 11.0. The van der Waals surface area contributed by atoms with Crippen LogP contribution in [0.5, 0.6) is 5.75 Å². The van der Waals surface area contributed by atoms with Gasteiger partial charge >= 0.3 is 0 Å². The number of pyridine rings is 1. The Labute approximate surface area is 123 Å². The minimum absolute atomic E-state index is 0.0509. The average Bonchev–Trinajstić information content (AvgIpc) is 2.46. The molecule has 0 aliphatic rings. The lowest BCUT2D eigenvalue weighted by atomic mass is 9.93. The van der Waals surface area contributed by atoms with Crippen LogP contribution in [0.4, 0.5) is 5.69 Å². The maximum Gasteiger partial charge on any atom is 0.270 e. The highest BCUT2D eigenvalue weighted by molar-refractivity contribution is 5.76. The van der Waals surface area contributed by atoms with Gasteiger partial charge in [0, 0.05) is 29.6 Å². The van der Waals surface area contributed by atoms with E-state index in [-0.39, 0.29) is 11.6 Å². The molecule has 110 valence electrons. The summed E-state index contributed by atoms with van der Waals surface area (Å²) in [5, 5.41) is 11.0. The summed E-state index contributed by atoms with van der Waals surface area (Å²) < 4.78 is 5.37. The third-order valence-corrected chi connectivity index (χ3v) is 3.38. The smallest absolute Gasteiger partial charge is 0.270 e. The zero-order chi connectivity index (χ0) is 15.6. The van der Waals surface area contributed by atoms with E-state index in [0.29, 0.717) is 5.75 Å². The van der Waals surface area contributed by atoms with Crippen LogP contribution in [0.2, 0.25) is 0 Å². The van der Waals surface area contributed by atoms with Crippen molar-refractivity contribution in [3.8, 4) is 16.9 Å². The number of ether oxygens (including phenoxy) is 1. The third kappa shape index (κ3) is 3.02. The maximum absolute atomic E-state index is 11.0. The second kappa shape index (κ2) is 5.91. The fraction of sp³-hybridized carbons (Fsp3) is 0.312. The second-order valence-corrected chi connectivity index (χ2v) is 5.21. The number of hydrogen-bond acceptors (Lipinski definition) is 4. The first-order valence-electron chi connectivity index (χ1n) is 6.73. The molecule has 0 bridgehead atoms. The Bertz CT molecular complexity index is 681. The molecule has 0 saturated carbocycles. The van der Waals surface area contributed by atoms with Crippen molar-refractivity contribution in [1.82, 2.24) is 4.98 Å². The Morgan fingerprint density at radius 2 is 1.95 bits per heavy atom. The molecule has 0 spiro atoms. The lowest BCUT2D eigenvalue weighted by molar-refractivity contribution is -0.384. The van der Waals surface area contributed by atoms with Crippen LogP contribution in [0.15, 0.2) is 30.5 Å². The van der Waals surface area contributed by atoms with E-state index >= 15 is 0 Å². The Hall–Kier alpha value is -2.43. The first-order chi connectivity index (χ1) is 9.93. The van der Waals surface area contributed by atoms with Gasteiger partial charge < -0.3 is 4.74 Å². The standard InChI is InChI=1S/C16H18N2O3/c1-10(2)15-9-17-11(3)7-13(15)14-8-12(18(19)20)5-6-16(14)21-4/h5-10H,1-4H3. The molecular weight excluding hydrogens is 268 g/mol. The van der Waals surface area contributed by atoms with Gasteiger partial charge in [-0.2, -0.15) is 0 Å². The molecule has 0 radical (unpaired) electrons. The molecule has 2 aromatic rings. The van der Waals surface area contributed by atoms with E-state index in [1.165, 1.54) is 6.07 Å². The number of rotatable bonds is 4. The fourth-order valence-electron chi connectivity index (χ4n) is 2.28. The van der Waals surface area contributed by atoms with E-state index < -0.39 is 4.92 Å². The number of hydrogen-bond donors (Lipinski definition) is 0. The highest BCUT2D eigenvalue weighted by atomic mass is 16.6. The Kier molecular flexibility index (Phi) is 4.21. The molecule has 0 amide bonds. The molecule has 0 aliphatic heterocycles. The predicted octanol–water partition coefficient (Wildman–Crippen LogP) is 4.10. The van der Waals surface area contributed by atoms with Gasteiger partial charge in [-0.1, -0.05) is 13.8 Å². The normalized spacial score (nSPS) is 10.7. The minimum Gasteiger partial charge on any atom is -0.496 e. The van der Waals surface area contributed by atoms with Crippen molar-refractivity contribution >= 4 is 5.69 Å². The van der Waals surface area contributed by atoms with Crippen LogP contribution in [0, 0.1) is 17.0 Å². The van der Waals surface area contributed by atoms with Gasteiger partial charge in [-0.05, 0) is 36.1 Å². The van der Waals surface area contributed by atoms with Crippen LogP contribution in [-0.4, -0.2) is 17.0 Å². The summed E-state index contributed by atoms with van der Waals surface area (Å²) in [7, 11) is 1.56. The van der Waals surface area contributed by atoms with E-state index in [1.54, 1.807) is 19.2 Å². The van der Waals surface area contributed by atoms with Crippen molar-refractivity contribution in [1.29, 1.82) is 0 Å². The lowest BCUT2D eigenvalue weighted by Gasteiger charge is -2.15. The first kappa shape index (κ1) is 15.0. The van der Waals surface area contributed by atoms with E-state index in [2.05, 4.69) is 18.8 Å². The summed E-state index contributed by atoms with van der Waals surface area (Å²) >= 11 is 0. The molecule has 21 heavy (non-hydrogen) atoms. The number of benzene rings is 1. The highest BCUT2D eigenvalue weighted by Gasteiger charge is 2.17. The monoisotopic (exact) mass is 286 g/mol. The molecule has 0 aliphatic carbocycles. The van der Waals surface area contributed by atoms with Gasteiger partial charge in [0.2, 0.25) is 0 Å². The summed E-state index contributed by atoms with van der Waals surface area (Å²) in [6.45, 7) is 6.04. The first-order valence-corrected chi connectivity index (χ1v) is 6.73. The zero-order valence-corrected chi connectivity index (χ0v) is 12.6. The van der Waals surface area contributed by atoms with Crippen molar-refractivity contribution in [2.24, 2.45) is 0 Å². The molecule has 1 aromatic carbocycles. The van der Waals surface area contributed by atoms with Crippen LogP contribution in [0.1, 0.15) is 31.0 Å². The molecular formula is C16H18N2O3. The van der Waals surface area contributed by atoms with Gasteiger partial charge in [0.05, 0.1) is 12.0 Å². The van der Waals surface area contributed by atoms with Crippen molar-refractivity contribution < 1.29 is 9.66 Å². The van der Waals surface area contributed by atoms with Gasteiger partial charge in [0.15, 0.2) is 0 Å². The van der Waals surface area contributed by atoms with Crippen LogP contribution >= 0.6 is 0 Å². The average molecular weight is 286 g/mol. The third-order valence-electron chi connectivity index (χ3n) is 3.38. The van der Waals surface area contributed by atoms with E-state index in [9.17, 15) is 10.1 Å². The highest BCUT2D eigenvalue weighted by Crippen LogP contribution is 2.37. The summed E-state index contributed by atoms with van der Waals surface area (Å²) in [5.74, 6) is 0.880. The summed E-state index contributed by atoms with van der Waals surface area (Å²) in [6, 6.07) is 6.58. The topological polar surface area (TPSA) is 65.3 Å². The Morgan fingerprint density at radius 1 is 1.24 bits per heavy atom. The number of nitro benzene ring substituents is 1. The minimum atomic E-state index is -0.397. The van der Waals surface area contributed by atoms with Crippen molar-refractivity contribution in [2.75, 3.05) is 7.11 Å². The number of methoxy groups -OCH3 is 1. The fourth-order valence-corrected chi connectivity index (χ4v) is 2.28. The van der Waals surface area contributed by atoms with Crippen molar-refractivity contribution in [3.63, 3.8) is 0 Å². The molecule has 0 saturated heterocycles. The van der Waals surface area contributed by atoms with Crippen LogP contribution in [0.3, 0.4) is 0 Å². The molecule has 5 nitrogen and oxygen atoms in total. The summed E-state index contributed by atoms with van der Waals surface area (Å²) in [4.78, 5) is 15.0. The summed E-state index contributed by atoms with van der Waals surface area (Å²) in [6.07, 6.45) is 1.83. The van der Waals surface area contributed by atoms with Gasteiger partial charge in [0.25, 0.3) is 5.69 Å². The number of aromatic nitrogens is 1. The molecule has 1 aromatic heterocycles. The van der Waals surface area contributed by atoms with Crippen LogP contribution in [-0.2, 0) is 0 Å². The van der Waals surface area contributed by atoms with E-state index in [1.807, 2.05) is 19.2 Å². The van der Waals surface area contributed by atoms with Crippen molar-refractivity contribution in [2.45, 2.75) is 26.7 Å². The van der Waals surface area contributed by atoms with Crippen molar-refractivity contribution in [3.05, 3.63) is 51.8 Å². The molecule has 2 rings (SSSR count). The van der Waals surface area contributed by atoms with Gasteiger partial charge in [-0.3, -0.25) is 15.1 Å². The van der Waals surface area contributed by atoms with Crippen LogP contribution in [0.25, 0.3) is 11.1 Å². The largest absolute Gasteiger partial charge is 0.496 e. The second-order valence-electron chi connectivity index (χ2n) is 5.21. The van der Waals surface area contributed by atoms with Crippen LogP contribution < -0.4 is 4.74 Å². The number of aryl methyl sites for hydroxylation is 1. The Morgan fingerprint density at radius 3 is 2.52 bits per heavy atom. The van der Waals surface area contributed by atoms with Gasteiger partial charge in [-0.25, -0.2) is 0 Å². The van der Waals surface area contributed by atoms with Gasteiger partial charge in [0.1, 0.15) is 5.75 Å². The SMILES string of the molecule is COc1ccc([N+](=O)[O-])cc1-c1cc(C)ncc1C(C)C. The molecule has 0 unspecified atom stereocenters. The van der Waals surface area contributed by atoms with Gasteiger partial charge in [-0.15, -0.1) is 0 Å². The summed E-state index contributed by atoms with van der Waals surface area (Å²) in [5.41, 5.74) is 3.61.